The summed E-state index contributed by atoms with van der Waals surface area (Å²) in [5, 5.41) is 3.41. The molecule has 0 spiro atoms. The minimum Gasteiger partial charge on any atom is -0.495 e. The molecule has 0 atom stereocenters. The number of nitrogens with one attached hydrogen (secondary N) is 1. The van der Waals surface area contributed by atoms with Crippen LogP contribution in [0, 0.1) is 20.8 Å². The van der Waals surface area contributed by atoms with Gasteiger partial charge in [0.15, 0.2) is 0 Å². The van der Waals surface area contributed by atoms with Gasteiger partial charge in [0.05, 0.1) is 12.8 Å². The standard InChI is InChI=1S/C20H23ClN2O3/c1-12-7-6-8-17(14(12)3)22-20(25)11-23(15(4)24)18-9-13(2)16(21)10-19(18)26-5/h6-10H,11H2,1-5H3,(H,22,25). The minimum absolute atomic E-state index is 0.125. The van der Waals surface area contributed by atoms with E-state index >= 15 is 0 Å². The van der Waals surface area contributed by atoms with Gasteiger partial charge in [0.25, 0.3) is 0 Å². The van der Waals surface area contributed by atoms with E-state index in [2.05, 4.69) is 5.32 Å². The lowest BCUT2D eigenvalue weighted by Crippen LogP contribution is -2.37. The number of halogens is 1. The van der Waals surface area contributed by atoms with Gasteiger partial charge in [0.1, 0.15) is 12.3 Å². The van der Waals surface area contributed by atoms with Crippen molar-refractivity contribution in [2.24, 2.45) is 0 Å². The lowest BCUT2D eigenvalue weighted by atomic mass is 10.1. The number of ether oxygens (including phenoxy) is 1. The van der Waals surface area contributed by atoms with E-state index in [1.165, 1.54) is 18.9 Å². The Kier molecular flexibility index (Phi) is 6.27. The lowest BCUT2D eigenvalue weighted by molar-refractivity contribution is -0.120. The van der Waals surface area contributed by atoms with Crippen molar-refractivity contribution < 1.29 is 14.3 Å². The Bertz CT molecular complexity index is 849. The minimum atomic E-state index is -0.288. The average molecular weight is 375 g/mol. The number of anilines is 2. The number of benzene rings is 2. The Morgan fingerprint density at radius 3 is 2.46 bits per heavy atom. The van der Waals surface area contributed by atoms with Gasteiger partial charge in [-0.25, -0.2) is 0 Å². The fourth-order valence-electron chi connectivity index (χ4n) is 2.61. The van der Waals surface area contributed by atoms with E-state index in [0.717, 1.165) is 22.4 Å². The number of amides is 2. The summed E-state index contributed by atoms with van der Waals surface area (Å²) in [7, 11) is 1.50. The predicted octanol–water partition coefficient (Wildman–Crippen LogP) is 4.27. The molecule has 1 N–H and O–H groups in total. The van der Waals surface area contributed by atoms with E-state index in [0.29, 0.717) is 16.5 Å². The van der Waals surface area contributed by atoms with Gasteiger partial charge in [-0.15, -0.1) is 0 Å². The second-order valence-corrected chi connectivity index (χ2v) is 6.58. The average Bonchev–Trinajstić information content (AvgIpc) is 2.58. The zero-order valence-corrected chi connectivity index (χ0v) is 16.4. The summed E-state index contributed by atoms with van der Waals surface area (Å²) in [4.78, 5) is 26.1. The third-order valence-corrected chi connectivity index (χ3v) is 4.72. The quantitative estimate of drug-likeness (QED) is 0.850. The first-order chi connectivity index (χ1) is 12.2. The molecule has 2 rings (SSSR count). The normalized spacial score (nSPS) is 10.4. The monoisotopic (exact) mass is 374 g/mol. The predicted molar refractivity (Wildman–Crippen MR) is 105 cm³/mol. The van der Waals surface area contributed by atoms with Crippen molar-refractivity contribution in [3.8, 4) is 5.75 Å². The molecule has 0 radical (unpaired) electrons. The van der Waals surface area contributed by atoms with Gasteiger partial charge < -0.3 is 10.1 Å². The van der Waals surface area contributed by atoms with Crippen LogP contribution in [-0.4, -0.2) is 25.5 Å². The molecule has 0 heterocycles. The maximum absolute atomic E-state index is 12.5. The first-order valence-electron chi connectivity index (χ1n) is 8.23. The Hall–Kier alpha value is -2.53. The van der Waals surface area contributed by atoms with Crippen molar-refractivity contribution in [3.63, 3.8) is 0 Å². The Morgan fingerprint density at radius 1 is 1.15 bits per heavy atom. The molecule has 0 saturated heterocycles. The highest BCUT2D eigenvalue weighted by atomic mass is 35.5. The van der Waals surface area contributed by atoms with E-state index in [-0.39, 0.29) is 18.4 Å². The molecule has 6 heteroatoms. The summed E-state index contributed by atoms with van der Waals surface area (Å²) >= 11 is 6.13. The first kappa shape index (κ1) is 19.8. The molecule has 138 valence electrons. The van der Waals surface area contributed by atoms with Crippen LogP contribution in [0.1, 0.15) is 23.6 Å². The Labute approximate surface area is 158 Å². The molecule has 0 unspecified atom stereocenters. The molecule has 5 nitrogen and oxygen atoms in total. The van der Waals surface area contributed by atoms with Crippen LogP contribution in [0.15, 0.2) is 30.3 Å². The highest BCUT2D eigenvalue weighted by Gasteiger charge is 2.21. The number of rotatable bonds is 5. The number of hydrogen-bond donors (Lipinski definition) is 1. The highest BCUT2D eigenvalue weighted by Crippen LogP contribution is 2.34. The molecular formula is C20H23ClN2O3. The molecule has 0 saturated carbocycles. The number of aryl methyl sites for hydroxylation is 2. The molecule has 2 aromatic carbocycles. The summed E-state index contributed by atoms with van der Waals surface area (Å²) in [5.41, 5.74) is 4.12. The molecule has 26 heavy (non-hydrogen) atoms. The van der Waals surface area contributed by atoms with E-state index in [1.807, 2.05) is 39.0 Å². The molecule has 0 aromatic heterocycles. The van der Waals surface area contributed by atoms with E-state index in [9.17, 15) is 9.59 Å². The molecule has 2 amide bonds. The zero-order valence-electron chi connectivity index (χ0n) is 15.6. The molecular weight excluding hydrogens is 352 g/mol. The number of hydrogen-bond acceptors (Lipinski definition) is 3. The SMILES string of the molecule is COc1cc(Cl)c(C)cc1N(CC(=O)Nc1cccc(C)c1C)C(C)=O. The van der Waals surface area contributed by atoms with Gasteiger partial charge in [0.2, 0.25) is 11.8 Å². The molecule has 0 fully saturated rings. The Balaban J connectivity index is 2.29. The molecule has 2 aromatic rings. The van der Waals surface area contributed by atoms with Crippen molar-refractivity contribution in [1.29, 1.82) is 0 Å². The fourth-order valence-corrected chi connectivity index (χ4v) is 2.76. The summed E-state index contributed by atoms with van der Waals surface area (Å²) < 4.78 is 5.34. The van der Waals surface area contributed by atoms with Gasteiger partial charge >= 0.3 is 0 Å². The first-order valence-corrected chi connectivity index (χ1v) is 8.60. The van der Waals surface area contributed by atoms with Crippen LogP contribution in [0.4, 0.5) is 11.4 Å². The van der Waals surface area contributed by atoms with Gasteiger partial charge in [-0.3, -0.25) is 14.5 Å². The van der Waals surface area contributed by atoms with Gasteiger partial charge in [-0.2, -0.15) is 0 Å². The van der Waals surface area contributed by atoms with E-state index in [4.69, 9.17) is 16.3 Å². The van der Waals surface area contributed by atoms with Crippen molar-refractivity contribution in [1.82, 2.24) is 0 Å². The van der Waals surface area contributed by atoms with Crippen molar-refractivity contribution in [2.75, 3.05) is 23.9 Å². The number of methoxy groups -OCH3 is 1. The van der Waals surface area contributed by atoms with E-state index < -0.39 is 0 Å². The van der Waals surface area contributed by atoms with Crippen LogP contribution in [0.2, 0.25) is 5.02 Å². The smallest absolute Gasteiger partial charge is 0.244 e. The molecule has 0 bridgehead atoms. The van der Waals surface area contributed by atoms with Gasteiger partial charge in [-0.1, -0.05) is 23.7 Å². The number of carbonyl (C=O) groups excluding carboxylic acids is 2. The summed E-state index contributed by atoms with van der Waals surface area (Å²) in [6.45, 7) is 7.04. The second kappa shape index (κ2) is 8.23. The van der Waals surface area contributed by atoms with Crippen LogP contribution in [-0.2, 0) is 9.59 Å². The van der Waals surface area contributed by atoms with Gasteiger partial charge in [-0.05, 0) is 49.6 Å². The van der Waals surface area contributed by atoms with Crippen molar-refractivity contribution >= 4 is 34.8 Å². The van der Waals surface area contributed by atoms with Crippen molar-refractivity contribution in [3.05, 3.63) is 52.0 Å². The van der Waals surface area contributed by atoms with Gasteiger partial charge in [0, 0.05) is 23.7 Å². The highest BCUT2D eigenvalue weighted by molar-refractivity contribution is 6.31. The number of nitrogens with zero attached hydrogens (tertiary/aromatic N) is 1. The number of carbonyl (C=O) groups is 2. The summed E-state index contributed by atoms with van der Waals surface area (Å²) in [6.07, 6.45) is 0. The van der Waals surface area contributed by atoms with E-state index in [1.54, 1.807) is 12.1 Å². The Morgan fingerprint density at radius 2 is 1.85 bits per heavy atom. The van der Waals surface area contributed by atoms with Crippen molar-refractivity contribution in [2.45, 2.75) is 27.7 Å². The second-order valence-electron chi connectivity index (χ2n) is 6.17. The van der Waals surface area contributed by atoms with Crippen LogP contribution in [0.25, 0.3) is 0 Å². The maximum Gasteiger partial charge on any atom is 0.244 e. The van der Waals surface area contributed by atoms with Crippen LogP contribution < -0.4 is 15.0 Å². The molecule has 0 aliphatic carbocycles. The maximum atomic E-state index is 12.5. The lowest BCUT2D eigenvalue weighted by Gasteiger charge is -2.24. The molecule has 0 aliphatic rings. The van der Waals surface area contributed by atoms with Crippen LogP contribution >= 0.6 is 11.6 Å². The summed E-state index contributed by atoms with van der Waals surface area (Å²) in [6, 6.07) is 9.09. The third kappa shape index (κ3) is 4.35. The van der Waals surface area contributed by atoms with Crippen LogP contribution in [0.5, 0.6) is 5.75 Å². The molecule has 0 aliphatic heterocycles. The largest absolute Gasteiger partial charge is 0.495 e. The topological polar surface area (TPSA) is 58.6 Å². The summed E-state index contributed by atoms with van der Waals surface area (Å²) in [5.74, 6) is -0.111. The van der Waals surface area contributed by atoms with Crippen LogP contribution in [0.3, 0.4) is 0 Å². The third-order valence-electron chi connectivity index (χ3n) is 4.31. The zero-order chi connectivity index (χ0) is 19.4. The fraction of sp³-hybridized carbons (Fsp3) is 0.300.